The molecule has 94 valence electrons. The highest BCUT2D eigenvalue weighted by atomic mass is 35.5. The van der Waals surface area contributed by atoms with Gasteiger partial charge in [0.1, 0.15) is 5.03 Å². The van der Waals surface area contributed by atoms with Crippen LogP contribution in [-0.4, -0.2) is 9.97 Å². The van der Waals surface area contributed by atoms with Crippen LogP contribution in [0.1, 0.15) is 31.0 Å². The first kappa shape index (κ1) is 13.4. The van der Waals surface area contributed by atoms with Crippen molar-refractivity contribution in [2.75, 3.05) is 0 Å². The minimum absolute atomic E-state index is 0.302. The molecule has 0 saturated heterocycles. The molecule has 1 aromatic heterocycles. The van der Waals surface area contributed by atoms with E-state index in [1.165, 1.54) is 5.56 Å². The third-order valence-electron chi connectivity index (χ3n) is 2.57. The van der Waals surface area contributed by atoms with E-state index in [0.29, 0.717) is 11.2 Å². The Morgan fingerprint density at radius 1 is 1.11 bits per heavy atom. The lowest BCUT2D eigenvalue weighted by Gasteiger charge is -2.06. The molecule has 4 heteroatoms. The van der Waals surface area contributed by atoms with Crippen molar-refractivity contribution in [3.63, 3.8) is 0 Å². The quantitative estimate of drug-likeness (QED) is 0.600. The number of hydrogen-bond acceptors (Lipinski definition) is 3. The largest absolute Gasteiger partial charge is 0.223 e. The smallest absolute Gasteiger partial charge is 0.223 e. The van der Waals surface area contributed by atoms with Gasteiger partial charge in [-0.1, -0.05) is 37.7 Å². The predicted octanol–water partition coefficient (Wildman–Crippen LogP) is 4.71. The van der Waals surface area contributed by atoms with Gasteiger partial charge in [-0.2, -0.15) is 0 Å². The van der Waals surface area contributed by atoms with E-state index in [2.05, 4.69) is 48.1 Å². The second-order valence-electron chi connectivity index (χ2n) is 4.44. The van der Waals surface area contributed by atoms with Gasteiger partial charge in [0.25, 0.3) is 0 Å². The Balaban J connectivity index is 2.18. The zero-order valence-electron chi connectivity index (χ0n) is 10.6. The Labute approximate surface area is 117 Å². The van der Waals surface area contributed by atoms with E-state index < -0.39 is 0 Å². The van der Waals surface area contributed by atoms with E-state index in [0.717, 1.165) is 15.6 Å². The molecule has 2 rings (SSSR count). The van der Waals surface area contributed by atoms with Crippen molar-refractivity contribution < 1.29 is 0 Å². The van der Waals surface area contributed by atoms with Crippen molar-refractivity contribution in [1.29, 1.82) is 0 Å². The lowest BCUT2D eigenvalue weighted by atomic mass is 10.0. The Kier molecular flexibility index (Phi) is 4.25. The molecule has 0 bridgehead atoms. The zero-order valence-corrected chi connectivity index (χ0v) is 12.2. The molecule has 1 aromatic carbocycles. The number of nitrogens with zero attached hydrogens (tertiary/aromatic N) is 2. The van der Waals surface area contributed by atoms with Crippen LogP contribution < -0.4 is 0 Å². The SMILES string of the molecule is Cc1cc(Sc2ccc(C(C)C)cc2)nc(Cl)n1. The maximum Gasteiger partial charge on any atom is 0.223 e. The van der Waals surface area contributed by atoms with Gasteiger partial charge in [-0.05, 0) is 48.2 Å². The lowest BCUT2D eigenvalue weighted by molar-refractivity contribution is 0.865. The molecule has 0 atom stereocenters. The molecule has 0 N–H and O–H groups in total. The molecule has 0 amide bonds. The first-order valence-corrected chi connectivity index (χ1v) is 7.03. The Bertz CT molecular complexity index is 518. The molecule has 0 aliphatic carbocycles. The van der Waals surface area contributed by atoms with E-state index in [9.17, 15) is 0 Å². The van der Waals surface area contributed by atoms with Crippen LogP contribution in [0.3, 0.4) is 0 Å². The molecule has 0 aliphatic rings. The number of rotatable bonds is 3. The van der Waals surface area contributed by atoms with Crippen LogP contribution in [0.4, 0.5) is 0 Å². The van der Waals surface area contributed by atoms with Gasteiger partial charge in [0, 0.05) is 10.6 Å². The van der Waals surface area contributed by atoms with Crippen molar-refractivity contribution >= 4 is 23.4 Å². The maximum atomic E-state index is 5.85. The van der Waals surface area contributed by atoms with Crippen molar-refractivity contribution in [3.05, 3.63) is 46.9 Å². The molecule has 2 nitrogen and oxygen atoms in total. The molecule has 18 heavy (non-hydrogen) atoms. The molecular formula is C14H15ClN2S. The van der Waals surface area contributed by atoms with Crippen LogP contribution in [0.5, 0.6) is 0 Å². The summed E-state index contributed by atoms with van der Waals surface area (Å²) >= 11 is 7.45. The van der Waals surface area contributed by atoms with Crippen molar-refractivity contribution in [2.45, 2.75) is 36.6 Å². The summed E-state index contributed by atoms with van der Waals surface area (Å²) in [6, 6.07) is 10.5. The second-order valence-corrected chi connectivity index (χ2v) is 5.87. The molecule has 0 saturated carbocycles. The molecule has 0 spiro atoms. The van der Waals surface area contributed by atoms with Crippen molar-refractivity contribution in [1.82, 2.24) is 9.97 Å². The van der Waals surface area contributed by atoms with Gasteiger partial charge in [-0.25, -0.2) is 9.97 Å². The van der Waals surface area contributed by atoms with Gasteiger partial charge in [0.15, 0.2) is 0 Å². The Hall–Kier alpha value is -1.06. The molecule has 0 unspecified atom stereocenters. The average Bonchev–Trinajstić information content (AvgIpc) is 2.28. The third kappa shape index (κ3) is 3.47. The van der Waals surface area contributed by atoms with Crippen LogP contribution >= 0.6 is 23.4 Å². The summed E-state index contributed by atoms with van der Waals surface area (Å²) in [7, 11) is 0. The van der Waals surface area contributed by atoms with Gasteiger partial charge in [0.2, 0.25) is 5.28 Å². The lowest BCUT2D eigenvalue weighted by Crippen LogP contribution is -1.89. The fraction of sp³-hybridized carbons (Fsp3) is 0.286. The molecule has 1 heterocycles. The summed E-state index contributed by atoms with van der Waals surface area (Å²) in [5.41, 5.74) is 2.23. The standard InChI is InChI=1S/C14H15ClN2S/c1-9(2)11-4-6-12(7-5-11)18-13-8-10(3)16-14(15)17-13/h4-9H,1-3H3. The van der Waals surface area contributed by atoms with Crippen LogP contribution in [0.25, 0.3) is 0 Å². The predicted molar refractivity (Wildman–Crippen MR) is 76.4 cm³/mol. The minimum atomic E-state index is 0.302. The van der Waals surface area contributed by atoms with E-state index in [1.54, 1.807) is 11.8 Å². The van der Waals surface area contributed by atoms with E-state index in [4.69, 9.17) is 11.6 Å². The highest BCUT2D eigenvalue weighted by Gasteiger charge is 2.04. The highest BCUT2D eigenvalue weighted by Crippen LogP contribution is 2.28. The van der Waals surface area contributed by atoms with E-state index in [1.807, 2.05) is 13.0 Å². The number of aryl methyl sites for hydroxylation is 1. The molecule has 0 aliphatic heterocycles. The van der Waals surface area contributed by atoms with Crippen molar-refractivity contribution in [3.8, 4) is 0 Å². The fourth-order valence-electron chi connectivity index (χ4n) is 1.60. The molecular weight excluding hydrogens is 264 g/mol. The monoisotopic (exact) mass is 278 g/mol. The Morgan fingerprint density at radius 2 is 1.78 bits per heavy atom. The maximum absolute atomic E-state index is 5.85. The van der Waals surface area contributed by atoms with Crippen molar-refractivity contribution in [2.24, 2.45) is 0 Å². The van der Waals surface area contributed by atoms with E-state index in [-0.39, 0.29) is 0 Å². The zero-order chi connectivity index (χ0) is 13.1. The number of halogens is 1. The van der Waals surface area contributed by atoms with Gasteiger partial charge < -0.3 is 0 Å². The summed E-state index contributed by atoms with van der Waals surface area (Å²) in [6.45, 7) is 6.30. The summed E-state index contributed by atoms with van der Waals surface area (Å²) < 4.78 is 0. The molecule has 2 aromatic rings. The van der Waals surface area contributed by atoms with Gasteiger partial charge >= 0.3 is 0 Å². The topological polar surface area (TPSA) is 25.8 Å². The van der Waals surface area contributed by atoms with Crippen LogP contribution in [0.2, 0.25) is 5.28 Å². The van der Waals surface area contributed by atoms with Gasteiger partial charge in [0.05, 0.1) is 0 Å². The summed E-state index contributed by atoms with van der Waals surface area (Å²) in [5.74, 6) is 0.555. The first-order chi connectivity index (χ1) is 8.54. The van der Waals surface area contributed by atoms with E-state index >= 15 is 0 Å². The van der Waals surface area contributed by atoms with Crippen LogP contribution in [0.15, 0.2) is 40.3 Å². The number of aromatic nitrogens is 2. The number of hydrogen-bond donors (Lipinski definition) is 0. The third-order valence-corrected chi connectivity index (χ3v) is 3.67. The summed E-state index contributed by atoms with van der Waals surface area (Å²) in [5, 5.41) is 1.18. The summed E-state index contributed by atoms with van der Waals surface area (Å²) in [6.07, 6.45) is 0. The summed E-state index contributed by atoms with van der Waals surface area (Å²) in [4.78, 5) is 9.42. The van der Waals surface area contributed by atoms with Gasteiger partial charge in [-0.3, -0.25) is 0 Å². The first-order valence-electron chi connectivity index (χ1n) is 5.83. The second kappa shape index (κ2) is 5.72. The molecule has 0 radical (unpaired) electrons. The van der Waals surface area contributed by atoms with Crippen LogP contribution in [-0.2, 0) is 0 Å². The minimum Gasteiger partial charge on any atom is -0.223 e. The fourth-order valence-corrected chi connectivity index (χ4v) is 2.75. The highest BCUT2D eigenvalue weighted by molar-refractivity contribution is 7.99. The van der Waals surface area contributed by atoms with Gasteiger partial charge in [-0.15, -0.1) is 0 Å². The normalized spacial score (nSPS) is 10.9. The Morgan fingerprint density at radius 3 is 2.33 bits per heavy atom. The average molecular weight is 279 g/mol. The van der Waals surface area contributed by atoms with Crippen LogP contribution in [0, 0.1) is 6.92 Å². The molecule has 0 fully saturated rings. The number of benzene rings is 1.